The van der Waals surface area contributed by atoms with Crippen LogP contribution in [0.3, 0.4) is 0 Å². The second kappa shape index (κ2) is 2.73. The zero-order chi connectivity index (χ0) is 7.97. The van der Waals surface area contributed by atoms with Gasteiger partial charge >= 0.3 is 0 Å². The Hall–Kier alpha value is -0.0400. The molecule has 0 N–H and O–H groups in total. The van der Waals surface area contributed by atoms with Crippen LogP contribution in [0.5, 0.6) is 0 Å². The fourth-order valence-corrected chi connectivity index (χ4v) is 3.44. The Bertz CT molecular complexity index is 158. The van der Waals surface area contributed by atoms with Crippen LogP contribution in [0.4, 0.5) is 0 Å². The minimum atomic E-state index is 1.01. The number of hydrogen-bond acceptors (Lipinski definition) is 1. The van der Waals surface area contributed by atoms with E-state index in [0.29, 0.717) is 0 Å². The summed E-state index contributed by atoms with van der Waals surface area (Å²) in [6, 6.07) is 3.03. The molecule has 3 fully saturated rings. The summed E-state index contributed by atoms with van der Waals surface area (Å²) >= 11 is 0. The molecular formula is C11H19N. The van der Waals surface area contributed by atoms with Crippen molar-refractivity contribution < 1.29 is 0 Å². The Morgan fingerprint density at radius 1 is 0.583 bits per heavy atom. The first-order valence-electron chi connectivity index (χ1n) is 5.72. The molecule has 1 heteroatoms. The summed E-state index contributed by atoms with van der Waals surface area (Å²) in [7, 11) is 0. The molecular weight excluding hydrogens is 146 g/mol. The van der Waals surface area contributed by atoms with Crippen molar-refractivity contribution in [1.29, 1.82) is 0 Å². The van der Waals surface area contributed by atoms with E-state index in [2.05, 4.69) is 4.90 Å². The van der Waals surface area contributed by atoms with E-state index in [1.54, 1.807) is 0 Å². The van der Waals surface area contributed by atoms with Crippen LogP contribution < -0.4 is 0 Å². The minimum absolute atomic E-state index is 1.01. The maximum atomic E-state index is 2.90. The van der Waals surface area contributed by atoms with Crippen molar-refractivity contribution >= 4 is 0 Å². The van der Waals surface area contributed by atoms with Gasteiger partial charge in [-0.2, -0.15) is 0 Å². The van der Waals surface area contributed by atoms with Crippen molar-refractivity contribution in [1.82, 2.24) is 4.90 Å². The summed E-state index contributed by atoms with van der Waals surface area (Å²) in [5.74, 6) is 0. The van der Waals surface area contributed by atoms with Crippen LogP contribution in [0.15, 0.2) is 0 Å². The molecule has 0 amide bonds. The molecule has 3 rings (SSSR count). The quantitative estimate of drug-likeness (QED) is 0.577. The molecule has 0 aromatic rings. The van der Waals surface area contributed by atoms with Gasteiger partial charge < -0.3 is 0 Å². The Kier molecular flexibility index (Phi) is 1.68. The van der Waals surface area contributed by atoms with Gasteiger partial charge in [-0.25, -0.2) is 0 Å². The highest BCUT2D eigenvalue weighted by molar-refractivity contribution is 4.97. The molecule has 2 atom stereocenters. The van der Waals surface area contributed by atoms with Gasteiger partial charge in [0.05, 0.1) is 0 Å². The lowest BCUT2D eigenvalue weighted by Gasteiger charge is -2.45. The lowest BCUT2D eigenvalue weighted by Crippen LogP contribution is -2.49. The van der Waals surface area contributed by atoms with Crippen molar-refractivity contribution in [3.63, 3.8) is 0 Å². The van der Waals surface area contributed by atoms with E-state index < -0.39 is 0 Å². The van der Waals surface area contributed by atoms with Crippen LogP contribution in [0, 0.1) is 0 Å². The lowest BCUT2D eigenvalue weighted by atomic mass is 9.87. The summed E-state index contributed by atoms with van der Waals surface area (Å²) in [5, 5.41) is 0. The number of rotatable bonds is 1. The molecule has 0 spiro atoms. The van der Waals surface area contributed by atoms with Crippen molar-refractivity contribution in [3.8, 4) is 0 Å². The van der Waals surface area contributed by atoms with Gasteiger partial charge in [-0.1, -0.05) is 12.8 Å². The molecule has 0 radical (unpaired) electrons. The average molecular weight is 165 g/mol. The van der Waals surface area contributed by atoms with Crippen LogP contribution in [-0.2, 0) is 0 Å². The van der Waals surface area contributed by atoms with Crippen molar-refractivity contribution in [3.05, 3.63) is 0 Å². The van der Waals surface area contributed by atoms with Gasteiger partial charge in [0.1, 0.15) is 0 Å². The molecule has 68 valence electrons. The zero-order valence-electron chi connectivity index (χ0n) is 7.84. The topological polar surface area (TPSA) is 3.24 Å². The fourth-order valence-electron chi connectivity index (χ4n) is 3.44. The molecule has 2 saturated heterocycles. The molecule has 0 aromatic heterocycles. The second-order valence-corrected chi connectivity index (χ2v) is 4.85. The molecule has 12 heavy (non-hydrogen) atoms. The van der Waals surface area contributed by atoms with Crippen LogP contribution in [-0.4, -0.2) is 23.0 Å². The third-order valence-electron chi connectivity index (χ3n) is 4.25. The molecule has 0 aromatic carbocycles. The Labute approximate surface area is 75.1 Å². The van der Waals surface area contributed by atoms with Crippen LogP contribution >= 0.6 is 0 Å². The summed E-state index contributed by atoms with van der Waals surface area (Å²) in [6.45, 7) is 0. The Morgan fingerprint density at radius 2 is 1.00 bits per heavy atom. The van der Waals surface area contributed by atoms with Crippen molar-refractivity contribution in [2.45, 2.75) is 69.5 Å². The predicted octanol–water partition coefficient (Wildman–Crippen LogP) is 2.56. The van der Waals surface area contributed by atoms with E-state index in [-0.39, 0.29) is 0 Å². The fraction of sp³-hybridized carbons (Fsp3) is 1.00. The highest BCUT2D eigenvalue weighted by Crippen LogP contribution is 2.41. The molecule has 2 unspecified atom stereocenters. The smallest absolute Gasteiger partial charge is 0.0102 e. The van der Waals surface area contributed by atoms with Gasteiger partial charge in [-0.15, -0.1) is 0 Å². The normalized spacial score (nSPS) is 43.0. The van der Waals surface area contributed by atoms with E-state index in [9.17, 15) is 0 Å². The first kappa shape index (κ1) is 7.37. The molecule has 1 nitrogen and oxygen atoms in total. The highest BCUT2D eigenvalue weighted by Gasteiger charge is 2.41. The maximum absolute atomic E-state index is 2.90. The summed E-state index contributed by atoms with van der Waals surface area (Å²) in [5.41, 5.74) is 0. The lowest BCUT2D eigenvalue weighted by molar-refractivity contribution is 0.0448. The van der Waals surface area contributed by atoms with Crippen molar-refractivity contribution in [2.24, 2.45) is 0 Å². The van der Waals surface area contributed by atoms with Crippen LogP contribution in [0.1, 0.15) is 51.4 Å². The van der Waals surface area contributed by atoms with Crippen molar-refractivity contribution in [2.75, 3.05) is 0 Å². The Morgan fingerprint density at radius 3 is 1.50 bits per heavy atom. The number of fused-ring (bicyclic) bond motifs is 2. The van der Waals surface area contributed by atoms with E-state index in [1.165, 1.54) is 51.4 Å². The zero-order valence-corrected chi connectivity index (χ0v) is 7.84. The first-order valence-corrected chi connectivity index (χ1v) is 5.72. The van der Waals surface area contributed by atoms with Gasteiger partial charge in [0.25, 0.3) is 0 Å². The van der Waals surface area contributed by atoms with Gasteiger partial charge in [-0.3, -0.25) is 4.90 Å². The molecule has 1 saturated carbocycles. The van der Waals surface area contributed by atoms with Gasteiger partial charge in [-0.05, 0) is 38.5 Å². The van der Waals surface area contributed by atoms with E-state index in [4.69, 9.17) is 0 Å². The molecule has 2 bridgehead atoms. The number of hydrogen-bond donors (Lipinski definition) is 0. The number of piperidine rings is 1. The molecule has 2 aliphatic heterocycles. The second-order valence-electron chi connectivity index (χ2n) is 4.85. The van der Waals surface area contributed by atoms with E-state index in [0.717, 1.165) is 18.1 Å². The Balaban J connectivity index is 1.75. The van der Waals surface area contributed by atoms with Gasteiger partial charge in [0.2, 0.25) is 0 Å². The number of nitrogens with zero attached hydrogens (tertiary/aromatic N) is 1. The predicted molar refractivity (Wildman–Crippen MR) is 50.1 cm³/mol. The summed E-state index contributed by atoms with van der Waals surface area (Å²) in [4.78, 5) is 2.90. The van der Waals surface area contributed by atoms with Gasteiger partial charge in [0.15, 0.2) is 0 Å². The maximum Gasteiger partial charge on any atom is 0.0102 e. The first-order chi connectivity index (χ1) is 5.95. The standard InChI is InChI=1S/C11H19N/c1-3-9(4-1)12-10-5-2-6-11(12)8-7-10/h9-11H,1-8H2. The summed E-state index contributed by atoms with van der Waals surface area (Å²) in [6.07, 6.45) is 12.1. The average Bonchev–Trinajstić information content (AvgIpc) is 2.28. The van der Waals surface area contributed by atoms with Crippen LogP contribution in [0.2, 0.25) is 0 Å². The van der Waals surface area contributed by atoms with E-state index in [1.807, 2.05) is 0 Å². The monoisotopic (exact) mass is 165 g/mol. The van der Waals surface area contributed by atoms with Crippen LogP contribution in [0.25, 0.3) is 0 Å². The van der Waals surface area contributed by atoms with E-state index >= 15 is 0 Å². The highest BCUT2D eigenvalue weighted by atomic mass is 15.2. The largest absolute Gasteiger partial charge is 0.294 e. The summed E-state index contributed by atoms with van der Waals surface area (Å²) < 4.78 is 0. The molecule has 3 aliphatic rings. The minimum Gasteiger partial charge on any atom is -0.294 e. The molecule has 1 aliphatic carbocycles. The third kappa shape index (κ3) is 0.953. The van der Waals surface area contributed by atoms with Gasteiger partial charge in [0, 0.05) is 18.1 Å². The molecule has 2 heterocycles. The third-order valence-corrected chi connectivity index (χ3v) is 4.25. The SMILES string of the molecule is C1CC(N2C3CCCC2CC3)C1.